The smallest absolute Gasteiger partial charge is 0.295 e. The van der Waals surface area contributed by atoms with E-state index in [4.69, 9.17) is 24.6 Å². The number of primary amides is 1. The molecule has 2 aromatic carbocycles. The minimum atomic E-state index is -0.701. The second-order valence-corrected chi connectivity index (χ2v) is 16.7. The maximum Gasteiger partial charge on any atom is 0.295 e. The van der Waals surface area contributed by atoms with Crippen molar-refractivity contribution >= 4 is 88.3 Å². The average molecular weight is 1120 g/mol. The van der Waals surface area contributed by atoms with E-state index in [1.54, 1.807) is 65.1 Å². The first kappa shape index (κ1) is 67.3. The van der Waals surface area contributed by atoms with Crippen molar-refractivity contribution < 1.29 is 47.5 Å². The first-order chi connectivity index (χ1) is 38.0. The van der Waals surface area contributed by atoms with Crippen molar-refractivity contribution in [3.8, 4) is 11.5 Å². The molecule has 1 fully saturated rings. The number of hydrogen-bond acceptors (Lipinski definition) is 16. The number of carbonyl (C=O) groups excluding carboxylic acids is 7. The van der Waals surface area contributed by atoms with Gasteiger partial charge in [0.15, 0.2) is 5.89 Å². The molecule has 0 saturated carbocycles. The summed E-state index contributed by atoms with van der Waals surface area (Å²) in [6, 6.07) is 7.78. The molecule has 79 heavy (non-hydrogen) atoms. The number of allylic oxidation sites excluding steroid dienone is 2. The van der Waals surface area contributed by atoms with Gasteiger partial charge in [0.25, 0.3) is 11.8 Å². The summed E-state index contributed by atoms with van der Waals surface area (Å²) in [5.41, 5.74) is 13.5. The number of aryl methyl sites for hydroxylation is 4. The number of rotatable bonds is 21. The Kier molecular flexibility index (Phi) is 28.5. The summed E-state index contributed by atoms with van der Waals surface area (Å²) in [6.07, 6.45) is 4.98. The molecule has 5 heterocycles. The number of nitrogens with zero attached hydrogens (tertiary/aromatic N) is 9. The van der Waals surface area contributed by atoms with Crippen LogP contribution in [-0.4, -0.2) is 132 Å². The number of carbonyl (C=O) groups is 7. The van der Waals surface area contributed by atoms with Gasteiger partial charge in [0.05, 0.1) is 41.4 Å². The number of thiol groups is 1. The van der Waals surface area contributed by atoms with Crippen LogP contribution < -0.4 is 31.6 Å². The van der Waals surface area contributed by atoms with E-state index in [2.05, 4.69) is 44.1 Å². The molecule has 1 atom stereocenters. The fraction of sp³-hybridized carbons (Fsp3) is 0.473. The van der Waals surface area contributed by atoms with Crippen molar-refractivity contribution in [2.45, 2.75) is 134 Å². The number of anilines is 2. The number of likely N-dealkylation sites (tertiary alicyclic amines) is 1. The maximum absolute atomic E-state index is 13.8. The van der Waals surface area contributed by atoms with Gasteiger partial charge in [0, 0.05) is 70.7 Å². The molecule has 6 N–H and O–H groups in total. The summed E-state index contributed by atoms with van der Waals surface area (Å²) in [7, 11) is 4.55. The first-order valence-electron chi connectivity index (χ1n) is 26.7. The topological polar surface area (TPSA) is 300 Å². The maximum atomic E-state index is 13.8. The van der Waals surface area contributed by atoms with E-state index in [0.717, 1.165) is 4.90 Å². The molecule has 1 unspecified atom stereocenters. The minimum absolute atomic E-state index is 0.00138. The molecular weight excluding hydrogens is 1030 g/mol. The van der Waals surface area contributed by atoms with Gasteiger partial charge in [-0.05, 0) is 64.1 Å². The van der Waals surface area contributed by atoms with Gasteiger partial charge in [-0.1, -0.05) is 74.5 Å². The highest BCUT2D eigenvalue weighted by Gasteiger charge is 2.36. The highest BCUT2D eigenvalue weighted by Crippen LogP contribution is 2.33. The summed E-state index contributed by atoms with van der Waals surface area (Å²) in [5, 5.41) is 9.43. The van der Waals surface area contributed by atoms with E-state index in [9.17, 15) is 33.6 Å². The lowest BCUT2D eigenvalue weighted by molar-refractivity contribution is -0.139. The Morgan fingerprint density at radius 2 is 1.43 bits per heavy atom. The van der Waals surface area contributed by atoms with Crippen molar-refractivity contribution in [2.24, 2.45) is 11.5 Å². The van der Waals surface area contributed by atoms with Crippen LogP contribution >= 0.6 is 12.6 Å². The summed E-state index contributed by atoms with van der Waals surface area (Å²) >= 11 is 4.14. The van der Waals surface area contributed by atoms with Crippen molar-refractivity contribution in [2.75, 3.05) is 51.5 Å². The molecule has 23 nitrogen and oxygen atoms in total. The SMILES string of the molecule is CC.CC.CC.CC.CCc1nc(C)oc1C(=O)Nc1nc2cc(C=O)cc(OCCCN(C)C(=O)CCN3C(=O)CC(S)C3=O)c2n1C/C=C/Cn1c(NC(=O)c2cc(C)nn2CC)nc2cc(C(N)=O)cc(OC)c21.CN. The molecule has 0 bridgehead atoms. The number of amides is 6. The lowest BCUT2D eigenvalue weighted by atomic mass is 10.1. The van der Waals surface area contributed by atoms with Gasteiger partial charge < -0.3 is 39.4 Å². The number of methoxy groups -OCH3 is 1. The lowest BCUT2D eigenvalue weighted by Crippen LogP contribution is -2.36. The number of fused-ring (bicyclic) bond motifs is 2. The molecule has 1 aliphatic rings. The van der Waals surface area contributed by atoms with Crippen LogP contribution in [-0.2, 0) is 40.4 Å². The molecular formula is C55H81N13O10S. The van der Waals surface area contributed by atoms with Crippen molar-refractivity contribution in [3.63, 3.8) is 0 Å². The Hall–Kier alpha value is -7.86. The number of aromatic nitrogens is 7. The third-order valence-electron chi connectivity index (χ3n) is 11.3. The molecule has 1 aliphatic heterocycles. The average Bonchev–Trinajstić information content (AvgIpc) is 4.38. The number of nitrogens with one attached hydrogen (secondary N) is 2. The molecule has 0 aliphatic carbocycles. The Morgan fingerprint density at radius 1 is 0.848 bits per heavy atom. The van der Waals surface area contributed by atoms with E-state index in [1.165, 1.54) is 31.2 Å². The number of aldehydes is 1. The van der Waals surface area contributed by atoms with E-state index in [0.29, 0.717) is 70.7 Å². The minimum Gasteiger partial charge on any atom is -0.494 e. The van der Waals surface area contributed by atoms with Crippen molar-refractivity contribution in [3.05, 3.63) is 82.3 Å². The number of imide groups is 1. The monoisotopic (exact) mass is 1120 g/mol. The van der Waals surface area contributed by atoms with Crippen LogP contribution in [0.15, 0.2) is 46.9 Å². The predicted octanol–water partition coefficient (Wildman–Crippen LogP) is 7.81. The van der Waals surface area contributed by atoms with Crippen molar-refractivity contribution in [1.82, 2.24) is 43.7 Å². The highest BCUT2D eigenvalue weighted by molar-refractivity contribution is 7.81. The van der Waals surface area contributed by atoms with Gasteiger partial charge in [-0.2, -0.15) is 17.7 Å². The number of hydrogen-bond donors (Lipinski definition) is 5. The summed E-state index contributed by atoms with van der Waals surface area (Å²) in [5.74, 6) is -1.69. The molecule has 4 aromatic heterocycles. The zero-order chi connectivity index (χ0) is 59.7. The second kappa shape index (κ2) is 33.4. The predicted molar refractivity (Wildman–Crippen MR) is 310 cm³/mol. The molecule has 6 amide bonds. The summed E-state index contributed by atoms with van der Waals surface area (Å²) in [6.45, 7) is 24.1. The van der Waals surface area contributed by atoms with Gasteiger partial charge in [-0.25, -0.2) is 15.0 Å². The lowest BCUT2D eigenvalue weighted by Gasteiger charge is -2.20. The second-order valence-electron chi connectivity index (χ2n) is 16.1. The Bertz CT molecular complexity index is 3050. The molecule has 24 heteroatoms. The van der Waals surface area contributed by atoms with E-state index in [1.807, 2.05) is 69.2 Å². The largest absolute Gasteiger partial charge is 0.494 e. The molecule has 432 valence electrons. The van der Waals surface area contributed by atoms with Crippen LogP contribution in [0.5, 0.6) is 11.5 Å². The Balaban J connectivity index is 0.00000202. The highest BCUT2D eigenvalue weighted by atomic mass is 32.1. The number of benzene rings is 2. The third kappa shape index (κ3) is 16.8. The number of imidazole rings is 2. The van der Waals surface area contributed by atoms with Crippen LogP contribution in [0, 0.1) is 13.8 Å². The molecule has 1 saturated heterocycles. The quantitative estimate of drug-likeness (QED) is 0.0151. The fourth-order valence-electron chi connectivity index (χ4n) is 7.95. The standard InChI is InChI=1S/C46H52N12O10S.4C2H6.CH5N/c1-7-29-40(68-26(4)48-29)43(64)52-46-49-30-19-27(24-59)20-34(67-17-11-13-54(5)36(60)12-16-55-37(61)23-35(69)44(55)65)39(30)57(46)15-10-9-14-56-38-31(21-28(41(47)62)22-33(38)66-6)50-45(56)51-42(63)32-18-25(3)53-58(32)8-2;5*1-2/h9-10,18-22,24,35,69H,7-8,11-17,23H2,1-6H3,(H2,47,62)(H,49,52,64)(H,50,51,63);4*1-2H3;2H2,1H3/b10-9+;;;;;. The van der Waals surface area contributed by atoms with Crippen LogP contribution in [0.1, 0.15) is 148 Å². The Labute approximate surface area is 468 Å². The fourth-order valence-corrected chi connectivity index (χ4v) is 8.25. The Morgan fingerprint density at radius 3 is 1.96 bits per heavy atom. The van der Waals surface area contributed by atoms with Gasteiger partial charge >= 0.3 is 0 Å². The van der Waals surface area contributed by atoms with E-state index in [-0.39, 0.29) is 97.7 Å². The van der Waals surface area contributed by atoms with Gasteiger partial charge in [0.2, 0.25) is 41.3 Å². The normalized spacial score (nSPS) is 12.4. The van der Waals surface area contributed by atoms with E-state index < -0.39 is 28.9 Å². The zero-order valence-electron chi connectivity index (χ0n) is 48.5. The zero-order valence-corrected chi connectivity index (χ0v) is 49.4. The van der Waals surface area contributed by atoms with Crippen molar-refractivity contribution in [1.29, 1.82) is 0 Å². The van der Waals surface area contributed by atoms with Crippen LogP contribution in [0.25, 0.3) is 22.1 Å². The molecule has 7 rings (SSSR count). The third-order valence-corrected chi connectivity index (χ3v) is 11.7. The van der Waals surface area contributed by atoms with Crippen LogP contribution in [0.4, 0.5) is 11.9 Å². The molecule has 6 aromatic rings. The number of oxazole rings is 1. The number of nitrogens with two attached hydrogens (primary N) is 2. The first-order valence-corrected chi connectivity index (χ1v) is 27.2. The summed E-state index contributed by atoms with van der Waals surface area (Å²) < 4.78 is 22.6. The van der Waals surface area contributed by atoms with Crippen LogP contribution in [0.2, 0.25) is 0 Å². The summed E-state index contributed by atoms with van der Waals surface area (Å²) in [4.78, 5) is 106. The van der Waals surface area contributed by atoms with Gasteiger partial charge in [0.1, 0.15) is 34.5 Å². The van der Waals surface area contributed by atoms with Gasteiger partial charge in [-0.3, -0.25) is 53.8 Å². The number of ether oxygens (including phenoxy) is 2. The van der Waals surface area contributed by atoms with Crippen LogP contribution in [0.3, 0.4) is 0 Å². The van der Waals surface area contributed by atoms with Gasteiger partial charge in [-0.15, -0.1) is 0 Å². The molecule has 0 radical (unpaired) electrons. The van der Waals surface area contributed by atoms with E-state index >= 15 is 0 Å². The molecule has 0 spiro atoms.